The highest BCUT2D eigenvalue weighted by Crippen LogP contribution is 2.34. The van der Waals surface area contributed by atoms with Crippen LogP contribution in [0.5, 0.6) is 0 Å². The van der Waals surface area contributed by atoms with Crippen LogP contribution < -0.4 is 0 Å². The summed E-state index contributed by atoms with van der Waals surface area (Å²) in [6.07, 6.45) is -7.03. The minimum absolute atomic E-state index is 0.124. The molecular weight excluding hydrogens is 273 g/mol. The van der Waals surface area contributed by atoms with Crippen LogP contribution in [0.25, 0.3) is 0 Å². The van der Waals surface area contributed by atoms with Crippen molar-refractivity contribution < 1.29 is 18.3 Å². The fourth-order valence-corrected chi connectivity index (χ4v) is 1.56. The van der Waals surface area contributed by atoms with Gasteiger partial charge in [-0.25, -0.2) is 0 Å². The summed E-state index contributed by atoms with van der Waals surface area (Å²) in [6.45, 7) is 3.37. The zero-order valence-electron chi connectivity index (χ0n) is 8.19. The van der Waals surface area contributed by atoms with E-state index in [0.29, 0.717) is 11.1 Å². The van der Waals surface area contributed by atoms with Crippen molar-refractivity contribution in [2.45, 2.75) is 26.1 Å². The Hall–Kier alpha value is -0.550. The van der Waals surface area contributed by atoms with E-state index in [4.69, 9.17) is 5.11 Å². The summed E-state index contributed by atoms with van der Waals surface area (Å²) in [5.41, 5.74) is 1.22. The summed E-state index contributed by atoms with van der Waals surface area (Å²) < 4.78 is 37.5. The number of halogens is 4. The molecule has 1 atom stereocenters. The molecule has 0 amide bonds. The Morgan fingerprint density at radius 3 is 1.93 bits per heavy atom. The third kappa shape index (κ3) is 2.72. The van der Waals surface area contributed by atoms with Crippen LogP contribution in [0, 0.1) is 13.8 Å². The van der Waals surface area contributed by atoms with E-state index in [2.05, 4.69) is 15.9 Å². The molecule has 0 radical (unpaired) electrons. The number of hydrogen-bond donors (Lipinski definition) is 1. The summed E-state index contributed by atoms with van der Waals surface area (Å²) >= 11 is 3.25. The first-order valence-electron chi connectivity index (χ1n) is 4.25. The molecule has 0 fully saturated rings. The minimum Gasteiger partial charge on any atom is -0.379 e. The van der Waals surface area contributed by atoms with E-state index in [-0.39, 0.29) is 5.56 Å². The van der Waals surface area contributed by atoms with Gasteiger partial charge >= 0.3 is 6.18 Å². The fraction of sp³-hybridized carbons (Fsp3) is 0.400. The van der Waals surface area contributed by atoms with E-state index < -0.39 is 12.3 Å². The average Bonchev–Trinajstić information content (AvgIpc) is 2.10. The molecule has 1 aromatic carbocycles. The zero-order chi connectivity index (χ0) is 11.8. The molecule has 1 rings (SSSR count). The van der Waals surface area contributed by atoms with Crippen LogP contribution >= 0.6 is 15.9 Å². The molecular formula is C10H10BrF3O. The lowest BCUT2D eigenvalue weighted by molar-refractivity contribution is -0.206. The van der Waals surface area contributed by atoms with E-state index in [0.717, 1.165) is 4.47 Å². The molecule has 0 aliphatic carbocycles. The van der Waals surface area contributed by atoms with Crippen LogP contribution in [0.3, 0.4) is 0 Å². The lowest BCUT2D eigenvalue weighted by Crippen LogP contribution is -2.20. The molecule has 0 aliphatic rings. The molecule has 0 saturated heterocycles. The Bertz CT molecular complexity index is 350. The molecule has 0 heterocycles. The van der Waals surface area contributed by atoms with Crippen LogP contribution in [0.15, 0.2) is 16.6 Å². The molecule has 1 N–H and O–H groups in total. The van der Waals surface area contributed by atoms with E-state index >= 15 is 0 Å². The maximum absolute atomic E-state index is 12.2. The van der Waals surface area contributed by atoms with Crippen molar-refractivity contribution >= 4 is 15.9 Å². The number of aliphatic hydroxyl groups excluding tert-OH is 1. The maximum atomic E-state index is 12.2. The molecule has 0 unspecified atom stereocenters. The predicted molar refractivity (Wildman–Crippen MR) is 54.6 cm³/mol. The van der Waals surface area contributed by atoms with Crippen molar-refractivity contribution in [3.63, 3.8) is 0 Å². The lowest BCUT2D eigenvalue weighted by atomic mass is 10.0. The Morgan fingerprint density at radius 1 is 1.20 bits per heavy atom. The number of alkyl halides is 3. The topological polar surface area (TPSA) is 20.2 Å². The standard InChI is InChI=1S/C10H10BrF3O/c1-5-3-7(4-6(2)8(5)11)9(15)10(12,13)14/h3-4,9,15H,1-2H3/t9-/m1/s1. The molecule has 0 saturated carbocycles. The van der Waals surface area contributed by atoms with Gasteiger partial charge in [0.25, 0.3) is 0 Å². The van der Waals surface area contributed by atoms with Gasteiger partial charge in [0.05, 0.1) is 0 Å². The fourth-order valence-electron chi connectivity index (χ4n) is 1.33. The van der Waals surface area contributed by atoms with Crippen LogP contribution in [0.4, 0.5) is 13.2 Å². The average molecular weight is 283 g/mol. The van der Waals surface area contributed by atoms with Crippen LogP contribution in [0.1, 0.15) is 22.8 Å². The number of hydrogen-bond acceptors (Lipinski definition) is 1. The van der Waals surface area contributed by atoms with Crippen molar-refractivity contribution in [2.24, 2.45) is 0 Å². The van der Waals surface area contributed by atoms with Crippen LogP contribution in [-0.4, -0.2) is 11.3 Å². The van der Waals surface area contributed by atoms with Gasteiger partial charge < -0.3 is 5.11 Å². The van der Waals surface area contributed by atoms with Crippen LogP contribution in [0.2, 0.25) is 0 Å². The van der Waals surface area contributed by atoms with E-state index in [1.165, 1.54) is 12.1 Å². The highest BCUT2D eigenvalue weighted by atomic mass is 79.9. The second-order valence-corrected chi connectivity index (χ2v) is 4.21. The van der Waals surface area contributed by atoms with Crippen molar-refractivity contribution in [2.75, 3.05) is 0 Å². The third-order valence-corrected chi connectivity index (χ3v) is 3.34. The summed E-state index contributed by atoms with van der Waals surface area (Å²) in [7, 11) is 0. The molecule has 0 spiro atoms. The highest BCUT2D eigenvalue weighted by molar-refractivity contribution is 9.10. The zero-order valence-corrected chi connectivity index (χ0v) is 9.78. The SMILES string of the molecule is Cc1cc([C@@H](O)C(F)(F)F)cc(C)c1Br. The first-order chi connectivity index (χ1) is 6.73. The smallest absolute Gasteiger partial charge is 0.379 e. The quantitative estimate of drug-likeness (QED) is 0.834. The predicted octanol–water partition coefficient (Wildman–Crippen LogP) is 3.66. The highest BCUT2D eigenvalue weighted by Gasteiger charge is 2.39. The van der Waals surface area contributed by atoms with Gasteiger partial charge in [0.15, 0.2) is 6.10 Å². The summed E-state index contributed by atoms with van der Waals surface area (Å²) in [5, 5.41) is 9.06. The van der Waals surface area contributed by atoms with E-state index in [1.807, 2.05) is 0 Å². The van der Waals surface area contributed by atoms with E-state index in [1.54, 1.807) is 13.8 Å². The van der Waals surface area contributed by atoms with Gasteiger partial charge in [-0.1, -0.05) is 28.1 Å². The summed E-state index contributed by atoms with van der Waals surface area (Å²) in [5.74, 6) is 0. The van der Waals surface area contributed by atoms with Gasteiger partial charge in [0.1, 0.15) is 0 Å². The molecule has 84 valence electrons. The molecule has 1 nitrogen and oxygen atoms in total. The molecule has 0 bridgehead atoms. The second-order valence-electron chi connectivity index (χ2n) is 3.41. The van der Waals surface area contributed by atoms with Crippen molar-refractivity contribution in [1.29, 1.82) is 0 Å². The molecule has 0 aromatic heterocycles. The lowest BCUT2D eigenvalue weighted by Gasteiger charge is -2.16. The first-order valence-corrected chi connectivity index (χ1v) is 5.04. The number of benzene rings is 1. The van der Waals surface area contributed by atoms with Crippen LogP contribution in [-0.2, 0) is 0 Å². The number of aliphatic hydroxyl groups is 1. The Kier molecular flexibility index (Phi) is 3.45. The minimum atomic E-state index is -4.62. The van der Waals surface area contributed by atoms with Gasteiger partial charge in [-0.15, -0.1) is 0 Å². The Balaban J connectivity index is 3.17. The van der Waals surface area contributed by atoms with Crippen molar-refractivity contribution in [3.05, 3.63) is 33.3 Å². The van der Waals surface area contributed by atoms with Gasteiger partial charge in [-0.3, -0.25) is 0 Å². The van der Waals surface area contributed by atoms with Gasteiger partial charge in [0, 0.05) is 4.47 Å². The van der Waals surface area contributed by atoms with Crippen molar-refractivity contribution in [1.82, 2.24) is 0 Å². The molecule has 0 aliphatic heterocycles. The molecule has 5 heteroatoms. The van der Waals surface area contributed by atoms with Gasteiger partial charge in [-0.05, 0) is 30.5 Å². The first kappa shape index (κ1) is 12.5. The maximum Gasteiger partial charge on any atom is 0.418 e. The summed E-state index contributed by atoms with van der Waals surface area (Å²) in [6, 6.07) is 2.66. The largest absolute Gasteiger partial charge is 0.418 e. The number of aryl methyl sites for hydroxylation is 2. The Labute approximate surface area is 94.0 Å². The molecule has 1 aromatic rings. The van der Waals surface area contributed by atoms with Gasteiger partial charge in [0.2, 0.25) is 0 Å². The van der Waals surface area contributed by atoms with E-state index in [9.17, 15) is 13.2 Å². The van der Waals surface area contributed by atoms with Crippen molar-refractivity contribution in [3.8, 4) is 0 Å². The molecule has 15 heavy (non-hydrogen) atoms. The van der Waals surface area contributed by atoms with Gasteiger partial charge in [-0.2, -0.15) is 13.2 Å². The monoisotopic (exact) mass is 282 g/mol. The number of rotatable bonds is 1. The Morgan fingerprint density at radius 2 is 1.60 bits per heavy atom. The second kappa shape index (κ2) is 4.14. The third-order valence-electron chi connectivity index (χ3n) is 2.08. The normalized spacial score (nSPS) is 14.1. The summed E-state index contributed by atoms with van der Waals surface area (Å²) in [4.78, 5) is 0.